The van der Waals surface area contributed by atoms with Crippen LogP contribution in [0.3, 0.4) is 0 Å². The average Bonchev–Trinajstić information content (AvgIpc) is 2.11. The molecule has 0 saturated heterocycles. The van der Waals surface area contributed by atoms with Gasteiger partial charge in [-0.05, 0) is 0 Å². The Hall–Kier alpha value is -1.46. The molecule has 0 atom stereocenters. The Kier molecular flexibility index (Phi) is 5.50. The van der Waals surface area contributed by atoms with Crippen LogP contribution in [-0.4, -0.2) is 37.2 Å². The monoisotopic (exact) mass is 172 g/mol. The third-order valence-corrected chi connectivity index (χ3v) is 1.18. The maximum Gasteiger partial charge on any atom is 0.0570 e. The fourth-order valence-corrected chi connectivity index (χ4v) is 0.521. The largest absolute Gasteiger partial charge is 0.260 e. The van der Waals surface area contributed by atoms with Gasteiger partial charge in [0.2, 0.25) is 0 Å². The Morgan fingerprint density at radius 1 is 1.00 bits per heavy atom. The summed E-state index contributed by atoms with van der Waals surface area (Å²) < 4.78 is 0. The molecule has 0 aliphatic carbocycles. The van der Waals surface area contributed by atoms with Crippen LogP contribution < -0.4 is 0 Å². The molecule has 0 rings (SSSR count). The zero-order valence-corrected chi connectivity index (χ0v) is 7.17. The molecular weight excluding hydrogens is 160 g/mol. The quantitative estimate of drug-likeness (QED) is 0.337. The zero-order chi connectivity index (χ0) is 9.40. The normalized spacial score (nSPS) is 9.83. The van der Waals surface area contributed by atoms with Crippen molar-refractivity contribution in [1.29, 1.82) is 0 Å². The van der Waals surface area contributed by atoms with E-state index in [1.807, 2.05) is 0 Å². The van der Waals surface area contributed by atoms with Crippen molar-refractivity contribution in [2.45, 2.75) is 0 Å². The lowest BCUT2D eigenvalue weighted by Crippen LogP contribution is -2.11. The number of nitrogens with zero attached hydrogens (tertiary/aromatic N) is 4. The van der Waals surface area contributed by atoms with Crippen molar-refractivity contribution in [2.24, 2.45) is 10.6 Å². The molecular formula is C6H12N4O2. The molecule has 0 bridgehead atoms. The highest BCUT2D eigenvalue weighted by molar-refractivity contribution is 4.85. The first-order chi connectivity index (χ1) is 5.70. The van der Waals surface area contributed by atoms with Gasteiger partial charge in [0.05, 0.1) is 23.7 Å². The number of hydrogen-bond donors (Lipinski definition) is 0. The summed E-state index contributed by atoms with van der Waals surface area (Å²) in [5.41, 5.74) is 0. The summed E-state index contributed by atoms with van der Waals surface area (Å²) in [5.74, 6) is 0. The van der Waals surface area contributed by atoms with Crippen LogP contribution in [0, 0.1) is 9.81 Å². The smallest absolute Gasteiger partial charge is 0.0570 e. The third kappa shape index (κ3) is 5.33. The second-order valence-electron chi connectivity index (χ2n) is 2.32. The van der Waals surface area contributed by atoms with Crippen molar-refractivity contribution < 1.29 is 0 Å². The molecule has 0 aromatic rings. The summed E-state index contributed by atoms with van der Waals surface area (Å²) in [5, 5.41) is 7.80. The number of likely N-dealkylation sites (N-methyl/N-ethyl adjacent to an activating group) is 2. The molecule has 0 radical (unpaired) electrons. The zero-order valence-electron chi connectivity index (χ0n) is 7.17. The summed E-state index contributed by atoms with van der Waals surface area (Å²) in [6, 6.07) is 0. The lowest BCUT2D eigenvalue weighted by atomic mass is 10.5. The summed E-state index contributed by atoms with van der Waals surface area (Å²) in [7, 11) is 3.14. The summed E-state index contributed by atoms with van der Waals surface area (Å²) in [4.78, 5) is 19.7. The molecule has 0 amide bonds. The molecule has 0 saturated carbocycles. The van der Waals surface area contributed by atoms with E-state index in [-0.39, 0.29) is 0 Å². The molecule has 0 aromatic heterocycles. The van der Waals surface area contributed by atoms with Crippen molar-refractivity contribution in [1.82, 2.24) is 10.0 Å². The third-order valence-electron chi connectivity index (χ3n) is 1.18. The van der Waals surface area contributed by atoms with Crippen LogP contribution in [-0.2, 0) is 0 Å². The second-order valence-corrected chi connectivity index (χ2v) is 2.32. The predicted octanol–water partition coefficient (Wildman–Crippen LogP) is 0.769. The topological polar surface area (TPSA) is 65.3 Å². The molecule has 68 valence electrons. The molecule has 0 aliphatic heterocycles. The van der Waals surface area contributed by atoms with Gasteiger partial charge in [0.1, 0.15) is 0 Å². The Labute approximate surface area is 70.7 Å². The van der Waals surface area contributed by atoms with Gasteiger partial charge in [-0.3, -0.25) is 10.0 Å². The van der Waals surface area contributed by atoms with E-state index >= 15 is 0 Å². The first-order valence-corrected chi connectivity index (χ1v) is 3.44. The molecule has 0 heterocycles. The lowest BCUT2D eigenvalue weighted by molar-refractivity contribution is 0.379. The van der Waals surface area contributed by atoms with Crippen molar-refractivity contribution in [3.63, 3.8) is 0 Å². The average molecular weight is 172 g/mol. The van der Waals surface area contributed by atoms with Crippen LogP contribution in [0.2, 0.25) is 0 Å². The van der Waals surface area contributed by atoms with Gasteiger partial charge in [-0.25, -0.2) is 0 Å². The molecule has 0 aliphatic rings. The Morgan fingerprint density at radius 3 is 1.58 bits per heavy atom. The first-order valence-electron chi connectivity index (χ1n) is 3.44. The van der Waals surface area contributed by atoms with E-state index in [0.29, 0.717) is 13.1 Å². The molecule has 0 unspecified atom stereocenters. The van der Waals surface area contributed by atoms with Crippen molar-refractivity contribution in [2.75, 3.05) is 27.2 Å². The van der Waals surface area contributed by atoms with Gasteiger partial charge >= 0.3 is 0 Å². The van der Waals surface area contributed by atoms with Gasteiger partial charge < -0.3 is 0 Å². The first kappa shape index (κ1) is 10.5. The van der Waals surface area contributed by atoms with E-state index in [9.17, 15) is 9.81 Å². The second kappa shape index (κ2) is 6.26. The van der Waals surface area contributed by atoms with Crippen LogP contribution in [0.15, 0.2) is 22.7 Å². The van der Waals surface area contributed by atoms with E-state index in [1.165, 1.54) is 10.0 Å². The number of nitroso groups, excluding NO2 is 2. The lowest BCUT2D eigenvalue weighted by Gasteiger charge is -2.04. The van der Waals surface area contributed by atoms with Crippen LogP contribution in [0.5, 0.6) is 0 Å². The minimum atomic E-state index is 0.441. The molecule has 0 spiro atoms. The van der Waals surface area contributed by atoms with Crippen LogP contribution in [0.4, 0.5) is 0 Å². The molecule has 12 heavy (non-hydrogen) atoms. The predicted molar refractivity (Wildman–Crippen MR) is 46.0 cm³/mol. The molecule has 0 N–H and O–H groups in total. The van der Waals surface area contributed by atoms with E-state index in [0.717, 1.165) is 0 Å². The highest BCUT2D eigenvalue weighted by Crippen LogP contribution is 1.86. The van der Waals surface area contributed by atoms with Gasteiger partial charge in [0.15, 0.2) is 0 Å². The number of rotatable bonds is 6. The SMILES string of the molecule is CN(CC=CCN(C)N=O)N=O. The minimum absolute atomic E-state index is 0.441. The molecule has 0 fully saturated rings. The maximum atomic E-state index is 9.85. The van der Waals surface area contributed by atoms with Crippen LogP contribution >= 0.6 is 0 Å². The highest BCUT2D eigenvalue weighted by Gasteiger charge is 1.89. The standard InChI is InChI=1S/C6H12N4O2/c1-9(7-11)5-3-4-6-10(2)8-12/h3-4H,5-6H2,1-2H3. The van der Waals surface area contributed by atoms with Gasteiger partial charge in [-0.2, -0.15) is 0 Å². The van der Waals surface area contributed by atoms with Crippen molar-refractivity contribution in [3.8, 4) is 0 Å². The fraction of sp³-hybridized carbons (Fsp3) is 0.667. The van der Waals surface area contributed by atoms with Gasteiger partial charge in [0, 0.05) is 14.1 Å². The Morgan fingerprint density at radius 2 is 1.33 bits per heavy atom. The van der Waals surface area contributed by atoms with Crippen LogP contribution in [0.25, 0.3) is 0 Å². The summed E-state index contributed by atoms with van der Waals surface area (Å²) in [6.07, 6.45) is 3.48. The summed E-state index contributed by atoms with van der Waals surface area (Å²) in [6.45, 7) is 0.881. The minimum Gasteiger partial charge on any atom is -0.260 e. The van der Waals surface area contributed by atoms with Crippen molar-refractivity contribution >= 4 is 0 Å². The maximum absolute atomic E-state index is 9.85. The van der Waals surface area contributed by atoms with Crippen LogP contribution in [0.1, 0.15) is 0 Å². The highest BCUT2D eigenvalue weighted by atomic mass is 16.3. The Balaban J connectivity index is 3.49. The summed E-state index contributed by atoms with van der Waals surface area (Å²) >= 11 is 0. The molecule has 6 heteroatoms. The van der Waals surface area contributed by atoms with E-state index in [1.54, 1.807) is 26.2 Å². The van der Waals surface area contributed by atoms with Gasteiger partial charge in [0.25, 0.3) is 0 Å². The Bertz CT molecular complexity index is 153. The molecule has 0 aromatic carbocycles. The fourth-order valence-electron chi connectivity index (χ4n) is 0.521. The number of hydrogen-bond acceptors (Lipinski definition) is 4. The van der Waals surface area contributed by atoms with E-state index < -0.39 is 0 Å². The van der Waals surface area contributed by atoms with Gasteiger partial charge in [-0.1, -0.05) is 12.2 Å². The van der Waals surface area contributed by atoms with E-state index in [4.69, 9.17) is 0 Å². The molecule has 6 nitrogen and oxygen atoms in total. The van der Waals surface area contributed by atoms with Crippen molar-refractivity contribution in [3.05, 3.63) is 22.0 Å². The van der Waals surface area contributed by atoms with E-state index in [2.05, 4.69) is 10.6 Å². The van der Waals surface area contributed by atoms with Gasteiger partial charge in [-0.15, -0.1) is 9.81 Å².